The van der Waals surface area contributed by atoms with Crippen molar-refractivity contribution in [3.8, 4) is 5.75 Å². The van der Waals surface area contributed by atoms with Crippen LogP contribution in [-0.4, -0.2) is 12.0 Å². The van der Waals surface area contributed by atoms with Gasteiger partial charge in [0.2, 0.25) is 0 Å². The van der Waals surface area contributed by atoms with E-state index in [0.717, 1.165) is 35.4 Å². The first-order chi connectivity index (χ1) is 12.5. The molecule has 1 unspecified atom stereocenters. The lowest BCUT2D eigenvalue weighted by molar-refractivity contribution is -0.122. The van der Waals surface area contributed by atoms with Crippen LogP contribution in [0.2, 0.25) is 0 Å². The number of carbonyl (C=O) groups is 1. The SMILES string of the molecule is Cc1cccc(C(C)C)c1NC(=O)C(C)Oc1ccc2c(c1)CCCC2. The van der Waals surface area contributed by atoms with Crippen molar-refractivity contribution in [3.63, 3.8) is 0 Å². The normalized spacial score (nSPS) is 14.7. The highest BCUT2D eigenvalue weighted by atomic mass is 16.5. The van der Waals surface area contributed by atoms with Crippen LogP contribution in [0.4, 0.5) is 5.69 Å². The second-order valence-electron chi connectivity index (χ2n) is 7.58. The third kappa shape index (κ3) is 4.09. The molecule has 26 heavy (non-hydrogen) atoms. The summed E-state index contributed by atoms with van der Waals surface area (Å²) in [6, 6.07) is 12.4. The van der Waals surface area contributed by atoms with E-state index in [1.165, 1.54) is 24.0 Å². The van der Waals surface area contributed by atoms with Gasteiger partial charge in [0.1, 0.15) is 5.75 Å². The number of hydrogen-bond acceptors (Lipinski definition) is 2. The topological polar surface area (TPSA) is 38.3 Å². The standard InChI is InChI=1S/C23H29NO2/c1-15(2)21-11-7-8-16(3)22(21)24-23(25)17(4)26-20-13-12-18-9-5-6-10-19(18)14-20/h7-8,11-15,17H,5-6,9-10H2,1-4H3,(H,24,25). The summed E-state index contributed by atoms with van der Waals surface area (Å²) in [6.45, 7) is 8.10. The van der Waals surface area contributed by atoms with Crippen LogP contribution in [-0.2, 0) is 17.6 Å². The number of rotatable bonds is 5. The third-order valence-electron chi connectivity index (χ3n) is 5.18. The van der Waals surface area contributed by atoms with Gasteiger partial charge in [0, 0.05) is 5.69 Å². The maximum atomic E-state index is 12.7. The quantitative estimate of drug-likeness (QED) is 0.783. The smallest absolute Gasteiger partial charge is 0.265 e. The van der Waals surface area contributed by atoms with E-state index in [4.69, 9.17) is 4.74 Å². The van der Waals surface area contributed by atoms with Crippen molar-refractivity contribution in [1.29, 1.82) is 0 Å². The zero-order valence-electron chi connectivity index (χ0n) is 16.3. The molecule has 0 aromatic heterocycles. The highest BCUT2D eigenvalue weighted by molar-refractivity contribution is 5.95. The van der Waals surface area contributed by atoms with Gasteiger partial charge < -0.3 is 10.1 Å². The number of hydrogen-bond donors (Lipinski definition) is 1. The van der Waals surface area contributed by atoms with Crippen molar-refractivity contribution in [3.05, 3.63) is 58.7 Å². The fraction of sp³-hybridized carbons (Fsp3) is 0.435. The van der Waals surface area contributed by atoms with E-state index in [0.29, 0.717) is 5.92 Å². The molecule has 1 amide bonds. The molecule has 0 aliphatic heterocycles. The van der Waals surface area contributed by atoms with Gasteiger partial charge in [-0.25, -0.2) is 0 Å². The summed E-state index contributed by atoms with van der Waals surface area (Å²) in [4.78, 5) is 12.7. The Morgan fingerprint density at radius 1 is 1.04 bits per heavy atom. The molecule has 0 heterocycles. The Morgan fingerprint density at radius 2 is 1.77 bits per heavy atom. The average molecular weight is 351 g/mol. The average Bonchev–Trinajstić information content (AvgIpc) is 2.63. The van der Waals surface area contributed by atoms with E-state index in [2.05, 4.69) is 37.4 Å². The maximum Gasteiger partial charge on any atom is 0.265 e. The molecule has 2 aromatic carbocycles. The Morgan fingerprint density at radius 3 is 2.50 bits per heavy atom. The minimum Gasteiger partial charge on any atom is -0.481 e. The number of aryl methyl sites for hydroxylation is 3. The van der Waals surface area contributed by atoms with E-state index >= 15 is 0 Å². The summed E-state index contributed by atoms with van der Waals surface area (Å²) in [6.07, 6.45) is 4.21. The van der Waals surface area contributed by atoms with E-state index in [1.807, 2.05) is 32.0 Å². The van der Waals surface area contributed by atoms with Crippen LogP contribution in [0.25, 0.3) is 0 Å². The minimum absolute atomic E-state index is 0.112. The van der Waals surface area contributed by atoms with E-state index < -0.39 is 6.10 Å². The summed E-state index contributed by atoms with van der Waals surface area (Å²) in [7, 11) is 0. The molecule has 0 radical (unpaired) electrons. The van der Waals surface area contributed by atoms with Crippen LogP contribution in [0.1, 0.15) is 61.8 Å². The Hall–Kier alpha value is -2.29. The van der Waals surface area contributed by atoms with Gasteiger partial charge in [0.25, 0.3) is 5.91 Å². The molecular formula is C23H29NO2. The maximum absolute atomic E-state index is 12.7. The van der Waals surface area contributed by atoms with Gasteiger partial charge in [0.15, 0.2) is 6.10 Å². The van der Waals surface area contributed by atoms with E-state index in [-0.39, 0.29) is 5.91 Å². The summed E-state index contributed by atoms with van der Waals surface area (Å²) < 4.78 is 5.94. The second kappa shape index (κ2) is 7.94. The fourth-order valence-electron chi connectivity index (χ4n) is 3.61. The molecule has 3 rings (SSSR count). The zero-order chi connectivity index (χ0) is 18.7. The molecule has 3 heteroatoms. The molecular weight excluding hydrogens is 322 g/mol. The Kier molecular flexibility index (Phi) is 5.65. The third-order valence-corrected chi connectivity index (χ3v) is 5.18. The first-order valence-corrected chi connectivity index (χ1v) is 9.64. The molecule has 0 saturated heterocycles. The van der Waals surface area contributed by atoms with Crippen LogP contribution in [0.15, 0.2) is 36.4 Å². The molecule has 1 atom stereocenters. The highest BCUT2D eigenvalue weighted by Crippen LogP contribution is 2.28. The van der Waals surface area contributed by atoms with Gasteiger partial charge in [-0.3, -0.25) is 4.79 Å². The number of amides is 1. The summed E-state index contributed by atoms with van der Waals surface area (Å²) in [5.74, 6) is 1.02. The lowest BCUT2D eigenvalue weighted by Gasteiger charge is -2.21. The second-order valence-corrected chi connectivity index (χ2v) is 7.58. The largest absolute Gasteiger partial charge is 0.481 e. The van der Waals surface area contributed by atoms with Crippen LogP contribution in [0.3, 0.4) is 0 Å². The summed E-state index contributed by atoms with van der Waals surface area (Å²) in [5.41, 5.74) is 5.92. The van der Waals surface area contributed by atoms with Crippen LogP contribution >= 0.6 is 0 Å². The Bertz CT molecular complexity index is 795. The number of fused-ring (bicyclic) bond motifs is 1. The zero-order valence-corrected chi connectivity index (χ0v) is 16.3. The van der Waals surface area contributed by atoms with Gasteiger partial charge in [-0.2, -0.15) is 0 Å². The van der Waals surface area contributed by atoms with Gasteiger partial charge in [-0.1, -0.05) is 38.1 Å². The highest BCUT2D eigenvalue weighted by Gasteiger charge is 2.19. The van der Waals surface area contributed by atoms with E-state index in [9.17, 15) is 4.79 Å². The van der Waals surface area contributed by atoms with Crippen LogP contribution in [0, 0.1) is 6.92 Å². The molecule has 0 fully saturated rings. The minimum atomic E-state index is -0.545. The molecule has 1 N–H and O–H groups in total. The summed E-state index contributed by atoms with van der Waals surface area (Å²) >= 11 is 0. The van der Waals surface area contributed by atoms with Crippen molar-refractivity contribution in [2.75, 3.05) is 5.32 Å². The first-order valence-electron chi connectivity index (χ1n) is 9.64. The molecule has 3 nitrogen and oxygen atoms in total. The summed E-state index contributed by atoms with van der Waals surface area (Å²) in [5, 5.41) is 3.08. The molecule has 0 spiro atoms. The van der Waals surface area contributed by atoms with Gasteiger partial charge in [-0.05, 0) is 79.8 Å². The number of anilines is 1. The molecule has 0 saturated carbocycles. The molecule has 138 valence electrons. The number of para-hydroxylation sites is 1. The monoisotopic (exact) mass is 351 g/mol. The molecule has 2 aromatic rings. The van der Waals surface area contributed by atoms with Crippen LogP contribution in [0.5, 0.6) is 5.75 Å². The Balaban J connectivity index is 1.71. The lowest BCUT2D eigenvalue weighted by Crippen LogP contribution is -2.31. The Labute approximate surface area is 156 Å². The molecule has 1 aliphatic carbocycles. The van der Waals surface area contributed by atoms with Crippen LogP contribution < -0.4 is 10.1 Å². The van der Waals surface area contributed by atoms with Crippen molar-refractivity contribution in [2.24, 2.45) is 0 Å². The van der Waals surface area contributed by atoms with Gasteiger partial charge in [0.05, 0.1) is 0 Å². The first kappa shape index (κ1) is 18.5. The fourth-order valence-corrected chi connectivity index (χ4v) is 3.61. The van der Waals surface area contributed by atoms with Gasteiger partial charge >= 0.3 is 0 Å². The predicted molar refractivity (Wildman–Crippen MR) is 107 cm³/mol. The number of benzene rings is 2. The lowest BCUT2D eigenvalue weighted by atomic mass is 9.92. The van der Waals surface area contributed by atoms with Crippen molar-refractivity contribution in [1.82, 2.24) is 0 Å². The van der Waals surface area contributed by atoms with Gasteiger partial charge in [-0.15, -0.1) is 0 Å². The number of ether oxygens (including phenoxy) is 1. The van der Waals surface area contributed by atoms with E-state index in [1.54, 1.807) is 0 Å². The predicted octanol–water partition coefficient (Wildman–Crippen LogP) is 5.40. The van der Waals surface area contributed by atoms with Crippen molar-refractivity contribution in [2.45, 2.75) is 65.4 Å². The van der Waals surface area contributed by atoms with Crippen molar-refractivity contribution >= 4 is 11.6 Å². The molecule has 1 aliphatic rings. The number of nitrogens with one attached hydrogen (secondary N) is 1. The molecule has 0 bridgehead atoms. The van der Waals surface area contributed by atoms with Crippen molar-refractivity contribution < 1.29 is 9.53 Å². The number of carbonyl (C=O) groups excluding carboxylic acids is 1.